The minimum Gasteiger partial charge on any atom is -0.475 e. The summed E-state index contributed by atoms with van der Waals surface area (Å²) in [6.07, 6.45) is 2.73. The first-order chi connectivity index (χ1) is 20.8. The molecule has 4 bridgehead atoms. The fourth-order valence-corrected chi connectivity index (χ4v) is 6.19. The van der Waals surface area contributed by atoms with E-state index in [0.29, 0.717) is 12.1 Å². The van der Waals surface area contributed by atoms with Gasteiger partial charge in [-0.05, 0) is 73.6 Å². The molecule has 9 nitrogen and oxygen atoms in total. The lowest BCUT2D eigenvalue weighted by Crippen LogP contribution is -2.44. The third kappa shape index (κ3) is 7.05. The van der Waals surface area contributed by atoms with Gasteiger partial charge in [0.15, 0.2) is 0 Å². The average Bonchev–Trinajstić information content (AvgIpc) is 2.96. The SMILES string of the molecule is Cc1cccc(C)c1-c1cc2nc(n1)NS(=O)(=O)c1cccc(c1)C(=O)N(Cc1ncccc1F)[C@H](CCC(C)(C)C)CO2. The second kappa shape index (κ2) is 12.3. The maximum absolute atomic E-state index is 14.9. The number of carbonyl (C=O) groups excluding carboxylic acids is 1. The predicted molar refractivity (Wildman–Crippen MR) is 166 cm³/mol. The molecule has 2 aromatic carbocycles. The van der Waals surface area contributed by atoms with E-state index in [-0.39, 0.29) is 46.5 Å². The van der Waals surface area contributed by atoms with Crippen LogP contribution in [0.5, 0.6) is 5.88 Å². The Morgan fingerprint density at radius 1 is 1.02 bits per heavy atom. The number of hydrogen-bond donors (Lipinski definition) is 1. The highest BCUT2D eigenvalue weighted by Crippen LogP contribution is 2.31. The molecule has 2 aromatic heterocycles. The third-order valence-electron chi connectivity index (χ3n) is 7.56. The van der Waals surface area contributed by atoms with E-state index in [1.807, 2.05) is 32.0 Å². The molecule has 1 aliphatic rings. The van der Waals surface area contributed by atoms with Crippen molar-refractivity contribution in [3.8, 4) is 17.1 Å². The van der Waals surface area contributed by atoms with Crippen LogP contribution in [0, 0.1) is 25.1 Å². The standard InChI is InChI=1S/C33H36FN5O4S/c1-21-9-6-10-22(2)30(21)27-18-29-37-32(36-27)38-44(41,42)25-12-7-11-23(17-25)31(40)39(19-28-26(34)13-8-16-35-28)24(20-43-29)14-15-33(3,4)5/h6-13,16-18,24H,14-15,19-20H2,1-5H3,(H,36,37,38)/t24-/m1/s1. The molecule has 1 atom stereocenters. The fraction of sp³-hybridized carbons (Fsp3) is 0.333. The van der Waals surface area contributed by atoms with Crippen molar-refractivity contribution in [2.24, 2.45) is 5.41 Å². The summed E-state index contributed by atoms with van der Waals surface area (Å²) in [4.78, 5) is 28.7. The van der Waals surface area contributed by atoms with Crippen molar-refractivity contribution in [1.82, 2.24) is 19.9 Å². The zero-order chi connectivity index (χ0) is 31.6. The molecule has 0 saturated carbocycles. The van der Waals surface area contributed by atoms with Crippen molar-refractivity contribution in [2.45, 2.75) is 64.9 Å². The topological polar surface area (TPSA) is 114 Å². The van der Waals surface area contributed by atoms with Gasteiger partial charge in [-0.3, -0.25) is 9.78 Å². The van der Waals surface area contributed by atoms with Crippen LogP contribution in [0.25, 0.3) is 11.3 Å². The molecule has 0 aliphatic carbocycles. The highest BCUT2D eigenvalue weighted by Gasteiger charge is 2.30. The second-order valence-electron chi connectivity index (χ2n) is 12.2. The van der Waals surface area contributed by atoms with Crippen molar-refractivity contribution in [1.29, 1.82) is 0 Å². The summed E-state index contributed by atoms with van der Waals surface area (Å²) in [6.45, 7) is 10.1. The van der Waals surface area contributed by atoms with Gasteiger partial charge in [-0.15, -0.1) is 0 Å². The van der Waals surface area contributed by atoms with Gasteiger partial charge in [0.05, 0.1) is 28.9 Å². The van der Waals surface area contributed by atoms with Gasteiger partial charge in [0.1, 0.15) is 12.4 Å². The molecule has 230 valence electrons. The molecule has 0 unspecified atom stereocenters. The van der Waals surface area contributed by atoms with Gasteiger partial charge in [0.2, 0.25) is 11.8 Å². The van der Waals surface area contributed by atoms with Crippen molar-refractivity contribution in [3.63, 3.8) is 0 Å². The second-order valence-corrected chi connectivity index (χ2v) is 13.9. The molecule has 0 saturated heterocycles. The molecule has 0 spiro atoms. The number of ether oxygens (including phenoxy) is 1. The van der Waals surface area contributed by atoms with Crippen molar-refractivity contribution < 1.29 is 22.3 Å². The number of benzene rings is 2. The number of nitrogens with zero attached hydrogens (tertiary/aromatic N) is 4. The molecule has 11 heteroatoms. The summed E-state index contributed by atoms with van der Waals surface area (Å²) < 4.78 is 50.7. The number of nitrogens with one attached hydrogen (secondary N) is 1. The van der Waals surface area contributed by atoms with Gasteiger partial charge < -0.3 is 9.64 Å². The molecule has 1 amide bonds. The van der Waals surface area contributed by atoms with Crippen LogP contribution < -0.4 is 9.46 Å². The van der Waals surface area contributed by atoms with Crippen LogP contribution in [0.4, 0.5) is 10.3 Å². The fourth-order valence-electron chi connectivity index (χ4n) is 5.21. The lowest BCUT2D eigenvalue weighted by atomic mass is 9.88. The Kier molecular flexibility index (Phi) is 8.69. The Morgan fingerprint density at radius 3 is 2.45 bits per heavy atom. The number of pyridine rings is 1. The number of rotatable bonds is 5. The molecular formula is C33H36FN5O4S. The van der Waals surface area contributed by atoms with E-state index >= 15 is 0 Å². The molecule has 0 radical (unpaired) electrons. The first-order valence-electron chi connectivity index (χ1n) is 14.4. The summed E-state index contributed by atoms with van der Waals surface area (Å²) in [6, 6.07) is 15.5. The van der Waals surface area contributed by atoms with Gasteiger partial charge in [-0.2, -0.15) is 4.98 Å². The van der Waals surface area contributed by atoms with E-state index in [1.54, 1.807) is 12.1 Å². The van der Waals surface area contributed by atoms with Crippen LogP contribution in [0.3, 0.4) is 0 Å². The molecule has 1 aliphatic heterocycles. The van der Waals surface area contributed by atoms with Crippen molar-refractivity contribution in [3.05, 3.63) is 95.1 Å². The lowest BCUT2D eigenvalue weighted by Gasteiger charge is -2.33. The molecule has 5 rings (SSSR count). The largest absolute Gasteiger partial charge is 0.475 e. The number of hydrogen-bond acceptors (Lipinski definition) is 7. The maximum atomic E-state index is 14.9. The molecule has 3 heterocycles. The Labute approximate surface area is 257 Å². The Balaban J connectivity index is 1.67. The van der Waals surface area contributed by atoms with E-state index < -0.39 is 27.8 Å². The Morgan fingerprint density at radius 2 is 1.75 bits per heavy atom. The Hall–Kier alpha value is -4.38. The number of sulfonamides is 1. The van der Waals surface area contributed by atoms with Crippen LogP contribution >= 0.6 is 0 Å². The predicted octanol–water partition coefficient (Wildman–Crippen LogP) is 6.33. The van der Waals surface area contributed by atoms with Crippen LogP contribution in [0.1, 0.15) is 60.8 Å². The van der Waals surface area contributed by atoms with Crippen LogP contribution in [-0.4, -0.2) is 46.8 Å². The first kappa shape index (κ1) is 31.1. The van der Waals surface area contributed by atoms with Gasteiger partial charge >= 0.3 is 0 Å². The number of carbonyl (C=O) groups is 1. The Bertz CT molecular complexity index is 1790. The average molecular weight is 618 g/mol. The minimum absolute atomic E-state index is 0.0192. The van der Waals surface area contributed by atoms with Gasteiger partial charge in [-0.25, -0.2) is 22.5 Å². The third-order valence-corrected chi connectivity index (χ3v) is 8.89. The molecule has 4 aromatic rings. The monoisotopic (exact) mass is 617 g/mol. The van der Waals surface area contributed by atoms with E-state index in [1.165, 1.54) is 41.4 Å². The van der Waals surface area contributed by atoms with Gasteiger partial charge in [0, 0.05) is 23.4 Å². The number of amides is 1. The first-order valence-corrected chi connectivity index (χ1v) is 15.9. The van der Waals surface area contributed by atoms with Gasteiger partial charge in [0.25, 0.3) is 15.9 Å². The zero-order valence-electron chi connectivity index (χ0n) is 25.5. The summed E-state index contributed by atoms with van der Waals surface area (Å²) >= 11 is 0. The lowest BCUT2D eigenvalue weighted by molar-refractivity contribution is 0.0546. The van der Waals surface area contributed by atoms with Crippen LogP contribution in [0.15, 0.2) is 71.8 Å². The van der Waals surface area contributed by atoms with E-state index in [9.17, 15) is 17.6 Å². The summed E-state index contributed by atoms with van der Waals surface area (Å²) in [5.41, 5.74) is 3.38. The van der Waals surface area contributed by atoms with Gasteiger partial charge in [-0.1, -0.05) is 45.0 Å². The number of halogens is 1. The number of fused-ring (bicyclic) bond motifs is 4. The van der Waals surface area contributed by atoms with E-state index in [4.69, 9.17) is 4.74 Å². The number of aromatic nitrogens is 3. The highest BCUT2D eigenvalue weighted by molar-refractivity contribution is 7.92. The van der Waals surface area contributed by atoms with Crippen molar-refractivity contribution in [2.75, 3.05) is 11.3 Å². The summed E-state index contributed by atoms with van der Waals surface area (Å²) in [5.74, 6) is -1.03. The normalized spacial score (nSPS) is 16.6. The smallest absolute Gasteiger partial charge is 0.264 e. The molecular weight excluding hydrogens is 581 g/mol. The minimum atomic E-state index is -4.20. The molecule has 1 N–H and O–H groups in total. The molecule has 44 heavy (non-hydrogen) atoms. The number of anilines is 1. The zero-order valence-corrected chi connectivity index (χ0v) is 26.3. The number of aryl methyl sites for hydroxylation is 2. The van der Waals surface area contributed by atoms with E-state index in [2.05, 4.69) is 40.4 Å². The van der Waals surface area contributed by atoms with E-state index in [0.717, 1.165) is 23.1 Å². The van der Waals surface area contributed by atoms with Crippen molar-refractivity contribution >= 4 is 21.9 Å². The maximum Gasteiger partial charge on any atom is 0.264 e. The highest BCUT2D eigenvalue weighted by atomic mass is 32.2. The van der Waals surface area contributed by atoms with Crippen LogP contribution in [0.2, 0.25) is 0 Å². The summed E-state index contributed by atoms with van der Waals surface area (Å²) in [5, 5.41) is 0. The molecule has 0 fully saturated rings. The summed E-state index contributed by atoms with van der Waals surface area (Å²) in [7, 11) is -4.20. The van der Waals surface area contributed by atoms with Crippen LogP contribution in [-0.2, 0) is 16.6 Å². The quantitative estimate of drug-likeness (QED) is 0.279.